The van der Waals surface area contributed by atoms with E-state index in [0.29, 0.717) is 6.04 Å². The van der Waals surface area contributed by atoms with Crippen LogP contribution in [-0.2, 0) is 0 Å². The van der Waals surface area contributed by atoms with E-state index in [1.165, 1.54) is 12.1 Å². The lowest BCUT2D eigenvalue weighted by Gasteiger charge is -2.20. The van der Waals surface area contributed by atoms with E-state index in [4.69, 9.17) is 4.42 Å². The SMILES string of the molecule is c1nc(C2CSCCN2)co1. The topological polar surface area (TPSA) is 38.1 Å². The van der Waals surface area contributed by atoms with Gasteiger partial charge in [-0.25, -0.2) is 4.98 Å². The minimum atomic E-state index is 0.396. The Morgan fingerprint density at radius 3 is 3.36 bits per heavy atom. The lowest BCUT2D eigenvalue weighted by molar-refractivity contribution is 0.544. The average molecular weight is 170 g/mol. The summed E-state index contributed by atoms with van der Waals surface area (Å²) < 4.78 is 4.91. The molecule has 1 aliphatic rings. The van der Waals surface area contributed by atoms with E-state index < -0.39 is 0 Å². The second-order valence-corrected chi connectivity index (χ2v) is 3.64. The van der Waals surface area contributed by atoms with Crippen LogP contribution in [0.2, 0.25) is 0 Å². The highest BCUT2D eigenvalue weighted by atomic mass is 32.2. The van der Waals surface area contributed by atoms with Gasteiger partial charge in [0.2, 0.25) is 0 Å². The van der Waals surface area contributed by atoms with Crippen LogP contribution in [0, 0.1) is 0 Å². The molecule has 0 aliphatic carbocycles. The van der Waals surface area contributed by atoms with Crippen LogP contribution in [0.3, 0.4) is 0 Å². The highest BCUT2D eigenvalue weighted by molar-refractivity contribution is 7.99. The normalized spacial score (nSPS) is 25.3. The van der Waals surface area contributed by atoms with Crippen LogP contribution in [0.4, 0.5) is 0 Å². The maximum atomic E-state index is 4.91. The molecule has 4 heteroatoms. The minimum absolute atomic E-state index is 0.396. The highest BCUT2D eigenvalue weighted by Gasteiger charge is 2.16. The van der Waals surface area contributed by atoms with Crippen molar-refractivity contribution in [3.05, 3.63) is 18.4 Å². The van der Waals surface area contributed by atoms with Crippen LogP contribution in [0.5, 0.6) is 0 Å². The number of rotatable bonds is 1. The zero-order valence-electron chi connectivity index (χ0n) is 6.12. The smallest absolute Gasteiger partial charge is 0.180 e. The summed E-state index contributed by atoms with van der Waals surface area (Å²) in [5, 5.41) is 3.38. The molecule has 1 aromatic heterocycles. The molecule has 1 unspecified atom stereocenters. The average Bonchev–Trinajstić information content (AvgIpc) is 2.58. The Morgan fingerprint density at radius 2 is 2.73 bits per heavy atom. The molecule has 1 aromatic rings. The van der Waals surface area contributed by atoms with E-state index in [1.54, 1.807) is 6.26 Å². The summed E-state index contributed by atoms with van der Waals surface area (Å²) in [6.07, 6.45) is 3.19. The van der Waals surface area contributed by atoms with Gasteiger partial charge in [-0.05, 0) is 0 Å². The molecule has 0 aromatic carbocycles. The Morgan fingerprint density at radius 1 is 1.73 bits per heavy atom. The first-order valence-corrected chi connectivity index (χ1v) is 4.81. The predicted octanol–water partition coefficient (Wildman–Crippen LogP) is 1.05. The van der Waals surface area contributed by atoms with E-state index in [-0.39, 0.29) is 0 Å². The van der Waals surface area contributed by atoms with Gasteiger partial charge in [0, 0.05) is 18.1 Å². The van der Waals surface area contributed by atoms with Crippen molar-refractivity contribution in [3.8, 4) is 0 Å². The third-order valence-corrected chi connectivity index (χ3v) is 2.79. The van der Waals surface area contributed by atoms with Gasteiger partial charge in [0.1, 0.15) is 6.26 Å². The van der Waals surface area contributed by atoms with Gasteiger partial charge in [0.25, 0.3) is 0 Å². The molecule has 1 N–H and O–H groups in total. The van der Waals surface area contributed by atoms with E-state index in [1.807, 2.05) is 11.8 Å². The number of nitrogens with zero attached hydrogens (tertiary/aromatic N) is 1. The quantitative estimate of drug-likeness (QED) is 0.683. The fourth-order valence-electron chi connectivity index (χ4n) is 1.15. The molecule has 1 atom stereocenters. The third-order valence-electron chi connectivity index (χ3n) is 1.73. The molecule has 0 saturated carbocycles. The number of thioether (sulfide) groups is 1. The van der Waals surface area contributed by atoms with Crippen LogP contribution in [-0.4, -0.2) is 23.0 Å². The first-order chi connectivity index (χ1) is 5.47. The summed E-state index contributed by atoms with van der Waals surface area (Å²) in [6.45, 7) is 1.07. The van der Waals surface area contributed by atoms with Gasteiger partial charge in [-0.2, -0.15) is 11.8 Å². The van der Waals surface area contributed by atoms with Crippen molar-refractivity contribution >= 4 is 11.8 Å². The van der Waals surface area contributed by atoms with Crippen LogP contribution >= 0.6 is 11.8 Å². The molecule has 0 bridgehead atoms. The summed E-state index contributed by atoms with van der Waals surface area (Å²) in [5.41, 5.74) is 1.03. The second kappa shape index (κ2) is 3.28. The number of hydrogen-bond acceptors (Lipinski definition) is 4. The van der Waals surface area contributed by atoms with Crippen molar-refractivity contribution in [1.82, 2.24) is 10.3 Å². The standard InChI is InChI=1S/C7H10N2OS/c1-2-11-4-7(8-1)6-3-10-5-9-6/h3,5,7-8H,1-2,4H2. The second-order valence-electron chi connectivity index (χ2n) is 2.49. The van der Waals surface area contributed by atoms with Crippen LogP contribution < -0.4 is 5.32 Å². The summed E-state index contributed by atoms with van der Waals surface area (Å²) in [6, 6.07) is 0.396. The summed E-state index contributed by atoms with van der Waals surface area (Å²) in [7, 11) is 0. The van der Waals surface area contributed by atoms with Crippen molar-refractivity contribution in [1.29, 1.82) is 0 Å². The summed E-state index contributed by atoms with van der Waals surface area (Å²) in [4.78, 5) is 4.10. The summed E-state index contributed by atoms with van der Waals surface area (Å²) >= 11 is 1.96. The predicted molar refractivity (Wildman–Crippen MR) is 44.6 cm³/mol. The number of aromatic nitrogens is 1. The molecule has 3 nitrogen and oxygen atoms in total. The molecule has 1 aliphatic heterocycles. The molecule has 11 heavy (non-hydrogen) atoms. The fraction of sp³-hybridized carbons (Fsp3) is 0.571. The van der Waals surface area contributed by atoms with Crippen molar-refractivity contribution < 1.29 is 4.42 Å². The molecule has 2 rings (SSSR count). The van der Waals surface area contributed by atoms with E-state index in [9.17, 15) is 0 Å². The Kier molecular flexibility index (Phi) is 2.14. The van der Waals surface area contributed by atoms with Gasteiger partial charge in [-0.1, -0.05) is 0 Å². The minimum Gasteiger partial charge on any atom is -0.451 e. The van der Waals surface area contributed by atoms with Gasteiger partial charge in [0.05, 0.1) is 11.7 Å². The lowest BCUT2D eigenvalue weighted by atomic mass is 10.2. The van der Waals surface area contributed by atoms with Crippen molar-refractivity contribution in [2.75, 3.05) is 18.1 Å². The van der Waals surface area contributed by atoms with Crippen LogP contribution in [0.15, 0.2) is 17.1 Å². The molecular formula is C7H10N2OS. The van der Waals surface area contributed by atoms with E-state index in [0.717, 1.165) is 18.0 Å². The molecular weight excluding hydrogens is 160 g/mol. The maximum absolute atomic E-state index is 4.91. The number of oxazole rings is 1. The zero-order chi connectivity index (χ0) is 7.52. The van der Waals surface area contributed by atoms with Crippen LogP contribution in [0.25, 0.3) is 0 Å². The highest BCUT2D eigenvalue weighted by Crippen LogP contribution is 2.19. The third kappa shape index (κ3) is 1.57. The molecule has 0 radical (unpaired) electrons. The first kappa shape index (κ1) is 7.18. The van der Waals surface area contributed by atoms with Gasteiger partial charge < -0.3 is 9.73 Å². The Hall–Kier alpha value is -0.480. The Balaban J connectivity index is 2.04. The van der Waals surface area contributed by atoms with Gasteiger partial charge in [0.15, 0.2) is 6.39 Å². The van der Waals surface area contributed by atoms with Crippen LogP contribution in [0.1, 0.15) is 11.7 Å². The monoisotopic (exact) mass is 170 g/mol. The molecule has 2 heterocycles. The molecule has 1 fully saturated rings. The lowest BCUT2D eigenvalue weighted by Crippen LogP contribution is -2.30. The molecule has 0 amide bonds. The van der Waals surface area contributed by atoms with Gasteiger partial charge in [-0.3, -0.25) is 0 Å². The van der Waals surface area contributed by atoms with Crippen molar-refractivity contribution in [2.24, 2.45) is 0 Å². The Bertz CT molecular complexity index is 206. The number of nitrogens with one attached hydrogen (secondary N) is 1. The molecule has 1 saturated heterocycles. The van der Waals surface area contributed by atoms with Gasteiger partial charge >= 0.3 is 0 Å². The van der Waals surface area contributed by atoms with Crippen molar-refractivity contribution in [3.63, 3.8) is 0 Å². The first-order valence-electron chi connectivity index (χ1n) is 3.66. The summed E-state index contributed by atoms with van der Waals surface area (Å²) in [5.74, 6) is 2.31. The molecule has 60 valence electrons. The molecule has 0 spiro atoms. The number of hydrogen-bond donors (Lipinski definition) is 1. The van der Waals surface area contributed by atoms with E-state index in [2.05, 4.69) is 10.3 Å². The fourth-order valence-corrected chi connectivity index (χ4v) is 2.10. The maximum Gasteiger partial charge on any atom is 0.180 e. The van der Waals surface area contributed by atoms with Gasteiger partial charge in [-0.15, -0.1) is 0 Å². The Labute approximate surface area is 69.6 Å². The zero-order valence-corrected chi connectivity index (χ0v) is 6.93. The largest absolute Gasteiger partial charge is 0.451 e. The van der Waals surface area contributed by atoms with Crippen molar-refractivity contribution in [2.45, 2.75) is 6.04 Å². The van der Waals surface area contributed by atoms with E-state index >= 15 is 0 Å².